The lowest BCUT2D eigenvalue weighted by atomic mass is 9.94. The molecule has 0 saturated carbocycles. The Labute approximate surface area is 171 Å². The first-order chi connectivity index (χ1) is 13.8. The molecule has 1 saturated heterocycles. The molecular weight excluding hydrogens is 394 g/mol. The van der Waals surface area contributed by atoms with E-state index < -0.39 is 10.0 Å². The van der Waals surface area contributed by atoms with Crippen molar-refractivity contribution in [1.82, 2.24) is 14.8 Å². The van der Waals surface area contributed by atoms with E-state index in [1.165, 1.54) is 4.31 Å². The summed E-state index contributed by atoms with van der Waals surface area (Å²) in [5, 5.41) is 6.67. The Balaban J connectivity index is 1.51. The number of aryl methyl sites for hydroxylation is 2. The molecule has 158 valence electrons. The molecule has 1 aliphatic rings. The predicted octanol–water partition coefficient (Wildman–Crippen LogP) is 2.41. The summed E-state index contributed by atoms with van der Waals surface area (Å²) in [5.41, 5.74) is 1.30. The van der Waals surface area contributed by atoms with Crippen LogP contribution in [-0.4, -0.2) is 44.0 Å². The Morgan fingerprint density at radius 2 is 1.97 bits per heavy atom. The Morgan fingerprint density at radius 3 is 2.59 bits per heavy atom. The summed E-state index contributed by atoms with van der Waals surface area (Å²) in [5.74, 6) is 1.16. The summed E-state index contributed by atoms with van der Waals surface area (Å²) >= 11 is 0. The number of benzene rings is 1. The zero-order chi connectivity index (χ0) is 21.0. The van der Waals surface area contributed by atoms with Crippen molar-refractivity contribution >= 4 is 15.9 Å². The second-order valence-electron chi connectivity index (χ2n) is 7.29. The van der Waals surface area contributed by atoms with Crippen LogP contribution in [0, 0.1) is 19.8 Å². The van der Waals surface area contributed by atoms with Gasteiger partial charge >= 0.3 is 0 Å². The fourth-order valence-corrected chi connectivity index (χ4v) is 5.46. The Hall–Kier alpha value is -2.39. The van der Waals surface area contributed by atoms with E-state index in [4.69, 9.17) is 9.26 Å². The summed E-state index contributed by atoms with van der Waals surface area (Å²) in [6.45, 7) is 4.41. The lowest BCUT2D eigenvalue weighted by molar-refractivity contribution is -0.122. The SMILES string of the molecule is COc1ccccc1CNC(=O)CC1CCN(S(=O)(=O)c2c(C)noc2C)CC1. The number of nitrogens with zero attached hydrogens (tertiary/aromatic N) is 2. The van der Waals surface area contributed by atoms with E-state index in [2.05, 4.69) is 10.5 Å². The number of aromatic nitrogens is 1. The molecule has 0 atom stereocenters. The standard InChI is InChI=1S/C20H27N3O5S/c1-14-20(15(2)28-22-14)29(25,26)23-10-8-16(9-11-23)12-19(24)21-13-17-6-4-5-7-18(17)27-3/h4-7,16H,8-13H2,1-3H3,(H,21,24). The number of carbonyl (C=O) groups is 1. The van der Waals surface area contributed by atoms with Gasteiger partial charge < -0.3 is 14.6 Å². The van der Waals surface area contributed by atoms with Crippen LogP contribution in [0.25, 0.3) is 0 Å². The molecule has 1 aliphatic heterocycles. The Kier molecular flexibility index (Phi) is 6.59. The number of methoxy groups -OCH3 is 1. The first-order valence-electron chi connectivity index (χ1n) is 9.64. The molecule has 0 aliphatic carbocycles. The number of hydrogen-bond donors (Lipinski definition) is 1. The third-order valence-corrected chi connectivity index (χ3v) is 7.43. The van der Waals surface area contributed by atoms with Gasteiger partial charge in [-0.25, -0.2) is 8.42 Å². The number of rotatable bonds is 7. The second-order valence-corrected chi connectivity index (χ2v) is 9.17. The summed E-state index contributed by atoms with van der Waals surface area (Å²) in [7, 11) is -2.02. The monoisotopic (exact) mass is 421 g/mol. The van der Waals surface area contributed by atoms with Crippen LogP contribution in [0.5, 0.6) is 5.75 Å². The number of carbonyl (C=O) groups excluding carboxylic acids is 1. The van der Waals surface area contributed by atoms with E-state index in [0.717, 1.165) is 11.3 Å². The first kappa shape index (κ1) is 21.3. The quantitative estimate of drug-likeness (QED) is 0.737. The van der Waals surface area contributed by atoms with Crippen LogP contribution >= 0.6 is 0 Å². The number of nitrogens with one attached hydrogen (secondary N) is 1. The van der Waals surface area contributed by atoms with Gasteiger partial charge in [-0.3, -0.25) is 4.79 Å². The number of hydrogen-bond acceptors (Lipinski definition) is 6. The van der Waals surface area contributed by atoms with Gasteiger partial charge in [-0.1, -0.05) is 23.4 Å². The van der Waals surface area contributed by atoms with Gasteiger partial charge in [-0.2, -0.15) is 4.31 Å². The Bertz CT molecular complexity index is 943. The second kappa shape index (κ2) is 8.96. The van der Waals surface area contributed by atoms with E-state index in [1.807, 2.05) is 24.3 Å². The van der Waals surface area contributed by atoms with Crippen LogP contribution in [-0.2, 0) is 21.4 Å². The molecule has 1 N–H and O–H groups in total. The number of para-hydroxylation sites is 1. The molecule has 2 heterocycles. The summed E-state index contributed by atoms with van der Waals surface area (Å²) in [4.78, 5) is 12.5. The van der Waals surface area contributed by atoms with Gasteiger partial charge in [0.1, 0.15) is 16.3 Å². The maximum atomic E-state index is 12.9. The van der Waals surface area contributed by atoms with Gasteiger partial charge in [-0.15, -0.1) is 0 Å². The normalized spacial score (nSPS) is 16.0. The van der Waals surface area contributed by atoms with Gasteiger partial charge in [0, 0.05) is 31.6 Å². The number of ether oxygens (including phenoxy) is 1. The fraction of sp³-hybridized carbons (Fsp3) is 0.500. The number of sulfonamides is 1. The largest absolute Gasteiger partial charge is 0.496 e. The van der Waals surface area contributed by atoms with E-state index in [-0.39, 0.29) is 16.7 Å². The van der Waals surface area contributed by atoms with Gasteiger partial charge in [0.25, 0.3) is 0 Å². The molecule has 29 heavy (non-hydrogen) atoms. The zero-order valence-electron chi connectivity index (χ0n) is 17.0. The zero-order valence-corrected chi connectivity index (χ0v) is 17.8. The van der Waals surface area contributed by atoms with Crippen molar-refractivity contribution in [3.05, 3.63) is 41.3 Å². The lowest BCUT2D eigenvalue weighted by Crippen LogP contribution is -2.39. The molecule has 3 rings (SSSR count). The molecule has 0 bridgehead atoms. The first-order valence-corrected chi connectivity index (χ1v) is 11.1. The van der Waals surface area contributed by atoms with Gasteiger partial charge in [-0.05, 0) is 38.7 Å². The van der Waals surface area contributed by atoms with Gasteiger partial charge in [0.2, 0.25) is 15.9 Å². The highest BCUT2D eigenvalue weighted by molar-refractivity contribution is 7.89. The molecule has 0 spiro atoms. The van der Waals surface area contributed by atoms with Gasteiger partial charge in [0.05, 0.1) is 7.11 Å². The highest BCUT2D eigenvalue weighted by Gasteiger charge is 2.34. The van der Waals surface area contributed by atoms with E-state index in [1.54, 1.807) is 21.0 Å². The molecule has 1 aromatic heterocycles. The number of amides is 1. The molecule has 1 amide bonds. The van der Waals surface area contributed by atoms with E-state index in [9.17, 15) is 13.2 Å². The lowest BCUT2D eigenvalue weighted by Gasteiger charge is -2.30. The maximum absolute atomic E-state index is 12.9. The molecule has 8 nitrogen and oxygen atoms in total. The average Bonchev–Trinajstić information content (AvgIpc) is 3.06. The van der Waals surface area contributed by atoms with Crippen molar-refractivity contribution in [3.63, 3.8) is 0 Å². The third-order valence-electron chi connectivity index (χ3n) is 5.28. The predicted molar refractivity (Wildman–Crippen MR) is 107 cm³/mol. The van der Waals surface area contributed by atoms with Crippen LogP contribution in [0.1, 0.15) is 36.3 Å². The van der Waals surface area contributed by atoms with Crippen LogP contribution in [0.2, 0.25) is 0 Å². The molecular formula is C20H27N3O5S. The minimum Gasteiger partial charge on any atom is -0.496 e. The van der Waals surface area contributed by atoms with Crippen LogP contribution in [0.15, 0.2) is 33.7 Å². The maximum Gasteiger partial charge on any atom is 0.248 e. The minimum absolute atomic E-state index is 0.0389. The number of piperidine rings is 1. The van der Waals surface area contributed by atoms with Crippen molar-refractivity contribution in [1.29, 1.82) is 0 Å². The van der Waals surface area contributed by atoms with Crippen molar-refractivity contribution in [2.24, 2.45) is 5.92 Å². The summed E-state index contributed by atoms with van der Waals surface area (Å²) in [6, 6.07) is 7.56. The van der Waals surface area contributed by atoms with Crippen molar-refractivity contribution < 1.29 is 22.5 Å². The smallest absolute Gasteiger partial charge is 0.248 e. The molecule has 1 fully saturated rings. The molecule has 9 heteroatoms. The van der Waals surface area contributed by atoms with Crippen LogP contribution in [0.4, 0.5) is 0 Å². The van der Waals surface area contributed by atoms with Crippen molar-refractivity contribution in [3.8, 4) is 5.75 Å². The molecule has 0 unspecified atom stereocenters. The summed E-state index contributed by atoms with van der Waals surface area (Å²) < 4.78 is 37.5. The summed E-state index contributed by atoms with van der Waals surface area (Å²) in [6.07, 6.45) is 1.67. The van der Waals surface area contributed by atoms with Crippen LogP contribution in [0.3, 0.4) is 0 Å². The van der Waals surface area contributed by atoms with E-state index in [0.29, 0.717) is 50.4 Å². The fourth-order valence-electron chi connectivity index (χ4n) is 3.70. The molecule has 2 aromatic rings. The topological polar surface area (TPSA) is 102 Å². The minimum atomic E-state index is -3.62. The highest BCUT2D eigenvalue weighted by atomic mass is 32.2. The molecule has 1 aromatic carbocycles. The highest BCUT2D eigenvalue weighted by Crippen LogP contribution is 2.28. The van der Waals surface area contributed by atoms with Gasteiger partial charge in [0.15, 0.2) is 5.76 Å². The third kappa shape index (κ3) is 4.79. The van der Waals surface area contributed by atoms with Crippen molar-refractivity contribution in [2.75, 3.05) is 20.2 Å². The van der Waals surface area contributed by atoms with E-state index >= 15 is 0 Å². The van der Waals surface area contributed by atoms with Crippen molar-refractivity contribution in [2.45, 2.75) is 44.6 Å². The average molecular weight is 422 g/mol. The Morgan fingerprint density at radius 1 is 1.28 bits per heavy atom. The van der Waals surface area contributed by atoms with Crippen LogP contribution < -0.4 is 10.1 Å². The molecule has 0 radical (unpaired) electrons.